The Bertz CT molecular complexity index is 552. The Kier molecular flexibility index (Phi) is 3.50. The van der Waals surface area contributed by atoms with E-state index in [2.05, 4.69) is 10.0 Å². The summed E-state index contributed by atoms with van der Waals surface area (Å²) in [6.45, 7) is 0. The molecule has 0 aliphatic carbocycles. The molecule has 0 fully saturated rings. The summed E-state index contributed by atoms with van der Waals surface area (Å²) in [7, 11) is -9.88. The van der Waals surface area contributed by atoms with Crippen molar-refractivity contribution in [1.82, 2.24) is 3.82 Å². The summed E-state index contributed by atoms with van der Waals surface area (Å²) >= 11 is 0. The summed E-state index contributed by atoms with van der Waals surface area (Å²) in [5, 5.41) is 0. The van der Waals surface area contributed by atoms with Crippen LogP contribution in [0.15, 0.2) is 30.3 Å². The minimum Gasteiger partial charge on any atom is -0.369 e. The molecule has 0 saturated carbocycles. The highest BCUT2D eigenvalue weighted by molar-refractivity contribution is 7.99. The standard InChI is InChI=1S/C6H8N2O6S2/c7-8(15(9,10)11)16(12,13)14-6-4-2-1-3-5-6/h1-5H,7H2,(H,9,10,11). The van der Waals surface area contributed by atoms with Crippen LogP contribution in [0, 0.1) is 0 Å². The Morgan fingerprint density at radius 2 is 1.62 bits per heavy atom. The fraction of sp³-hybridized carbons (Fsp3) is 0. The van der Waals surface area contributed by atoms with Gasteiger partial charge in [-0.1, -0.05) is 18.2 Å². The van der Waals surface area contributed by atoms with Gasteiger partial charge in [0.05, 0.1) is 0 Å². The molecule has 0 heterocycles. The van der Waals surface area contributed by atoms with Crippen LogP contribution in [0.2, 0.25) is 0 Å². The van der Waals surface area contributed by atoms with E-state index in [4.69, 9.17) is 4.55 Å². The van der Waals surface area contributed by atoms with Gasteiger partial charge in [0, 0.05) is 3.82 Å². The first kappa shape index (κ1) is 12.9. The molecule has 3 N–H and O–H groups in total. The van der Waals surface area contributed by atoms with Crippen LogP contribution in [-0.2, 0) is 20.6 Å². The molecule has 0 amide bonds. The molecule has 0 spiro atoms. The van der Waals surface area contributed by atoms with E-state index < -0.39 is 24.4 Å². The van der Waals surface area contributed by atoms with Gasteiger partial charge in [-0.3, -0.25) is 4.55 Å². The van der Waals surface area contributed by atoms with E-state index in [9.17, 15) is 16.8 Å². The molecular formula is C6H8N2O6S2. The normalized spacial score (nSPS) is 12.7. The first-order chi connectivity index (χ1) is 7.23. The van der Waals surface area contributed by atoms with Gasteiger partial charge < -0.3 is 4.18 Å². The lowest BCUT2D eigenvalue weighted by Crippen LogP contribution is -2.44. The van der Waals surface area contributed by atoms with E-state index in [1.165, 1.54) is 24.3 Å². The van der Waals surface area contributed by atoms with Crippen molar-refractivity contribution >= 4 is 20.6 Å². The van der Waals surface area contributed by atoms with Crippen molar-refractivity contribution in [3.63, 3.8) is 0 Å². The number of hydrogen-bond acceptors (Lipinski definition) is 6. The molecule has 90 valence electrons. The minimum absolute atomic E-state index is 0.137. The molecule has 0 saturated heterocycles. The second kappa shape index (κ2) is 4.35. The largest absolute Gasteiger partial charge is 0.413 e. The molecule has 0 unspecified atom stereocenters. The molecule has 1 aromatic rings. The van der Waals surface area contributed by atoms with Crippen molar-refractivity contribution in [3.05, 3.63) is 30.3 Å². The molecule has 10 heteroatoms. The molecule has 0 aliphatic rings. The SMILES string of the molecule is NN(S(=O)(=O)O)S(=O)(=O)Oc1ccccc1. The highest BCUT2D eigenvalue weighted by Gasteiger charge is 2.31. The van der Waals surface area contributed by atoms with E-state index >= 15 is 0 Å². The van der Waals surface area contributed by atoms with E-state index in [0.29, 0.717) is 0 Å². The van der Waals surface area contributed by atoms with Gasteiger partial charge in [-0.2, -0.15) is 16.8 Å². The van der Waals surface area contributed by atoms with Gasteiger partial charge in [-0.15, -0.1) is 0 Å². The first-order valence-corrected chi connectivity index (χ1v) is 6.52. The Balaban J connectivity index is 2.98. The average molecular weight is 268 g/mol. The predicted molar refractivity (Wildman–Crippen MR) is 53.6 cm³/mol. The summed E-state index contributed by atoms with van der Waals surface area (Å²) in [5.74, 6) is 4.52. The third-order valence-electron chi connectivity index (χ3n) is 1.39. The number of nitrogens with zero attached hydrogens (tertiary/aromatic N) is 1. The Morgan fingerprint density at radius 3 is 2.06 bits per heavy atom. The summed E-state index contributed by atoms with van der Waals surface area (Å²) in [6.07, 6.45) is 0. The fourth-order valence-electron chi connectivity index (χ4n) is 0.750. The molecule has 0 aliphatic heterocycles. The maximum Gasteiger partial charge on any atom is 0.413 e. The van der Waals surface area contributed by atoms with Crippen molar-refractivity contribution in [2.75, 3.05) is 0 Å². The zero-order valence-corrected chi connectivity index (χ0v) is 9.35. The third-order valence-corrected chi connectivity index (χ3v) is 3.80. The monoisotopic (exact) mass is 268 g/mol. The molecular weight excluding hydrogens is 260 g/mol. The molecule has 1 rings (SSSR count). The number of benzene rings is 1. The maximum atomic E-state index is 11.2. The van der Waals surface area contributed by atoms with Gasteiger partial charge >= 0.3 is 20.6 Å². The summed E-state index contributed by atoms with van der Waals surface area (Å²) in [4.78, 5) is 0. The van der Waals surface area contributed by atoms with Crippen LogP contribution < -0.4 is 10.0 Å². The zero-order valence-electron chi connectivity index (χ0n) is 7.72. The molecule has 1 aromatic carbocycles. The number of rotatable bonds is 4. The zero-order chi connectivity index (χ0) is 12.4. The van der Waals surface area contributed by atoms with Crippen LogP contribution in [-0.4, -0.2) is 25.2 Å². The predicted octanol–water partition coefficient (Wildman–Crippen LogP) is -0.711. The van der Waals surface area contributed by atoms with Gasteiger partial charge in [0.25, 0.3) is 0 Å². The van der Waals surface area contributed by atoms with Crippen molar-refractivity contribution in [2.45, 2.75) is 0 Å². The van der Waals surface area contributed by atoms with Gasteiger partial charge in [0.1, 0.15) is 5.75 Å². The van der Waals surface area contributed by atoms with Gasteiger partial charge in [-0.05, 0) is 12.1 Å². The molecule has 8 nitrogen and oxygen atoms in total. The van der Waals surface area contributed by atoms with Crippen molar-refractivity contribution in [1.29, 1.82) is 0 Å². The van der Waals surface area contributed by atoms with Gasteiger partial charge in [0.2, 0.25) is 0 Å². The smallest absolute Gasteiger partial charge is 0.369 e. The van der Waals surface area contributed by atoms with E-state index in [1.54, 1.807) is 6.07 Å². The van der Waals surface area contributed by atoms with Crippen LogP contribution >= 0.6 is 0 Å². The second-order valence-corrected chi connectivity index (χ2v) is 5.49. The number of para-hydroxylation sites is 1. The lowest BCUT2D eigenvalue weighted by atomic mass is 10.3. The summed E-state index contributed by atoms with van der Waals surface area (Å²) in [6, 6.07) is 7.09. The number of hydrazine groups is 1. The topological polar surface area (TPSA) is 127 Å². The molecule has 0 radical (unpaired) electrons. The second-order valence-electron chi connectivity index (χ2n) is 2.56. The summed E-state index contributed by atoms with van der Waals surface area (Å²) in [5.41, 5.74) is 0. The Labute approximate surface area is 92.3 Å². The van der Waals surface area contributed by atoms with E-state index in [1.807, 2.05) is 0 Å². The summed E-state index contributed by atoms with van der Waals surface area (Å²) < 4.78 is 55.3. The third kappa shape index (κ3) is 3.15. The van der Waals surface area contributed by atoms with Crippen LogP contribution in [0.25, 0.3) is 0 Å². The maximum absolute atomic E-state index is 11.2. The number of hydrogen-bond donors (Lipinski definition) is 2. The molecule has 0 atom stereocenters. The first-order valence-electron chi connectivity index (χ1n) is 3.75. The lowest BCUT2D eigenvalue weighted by molar-refractivity contribution is 0.391. The van der Waals surface area contributed by atoms with Crippen LogP contribution in [0.5, 0.6) is 5.75 Å². The quantitative estimate of drug-likeness (QED) is 0.419. The number of nitrogens with two attached hydrogens (primary N) is 1. The molecule has 0 bridgehead atoms. The molecule has 16 heavy (non-hydrogen) atoms. The van der Waals surface area contributed by atoms with Crippen molar-refractivity contribution in [2.24, 2.45) is 5.84 Å². The van der Waals surface area contributed by atoms with E-state index in [0.717, 1.165) is 0 Å². The Hall–Kier alpha value is -1.20. The van der Waals surface area contributed by atoms with Crippen LogP contribution in [0.3, 0.4) is 0 Å². The highest BCUT2D eigenvalue weighted by atomic mass is 32.3. The minimum atomic E-state index is -5.08. The van der Waals surface area contributed by atoms with E-state index in [-0.39, 0.29) is 5.75 Å². The Morgan fingerprint density at radius 1 is 1.12 bits per heavy atom. The van der Waals surface area contributed by atoms with Gasteiger partial charge in [-0.25, -0.2) is 5.84 Å². The van der Waals surface area contributed by atoms with Crippen LogP contribution in [0.4, 0.5) is 0 Å². The van der Waals surface area contributed by atoms with Crippen molar-refractivity contribution in [3.8, 4) is 5.75 Å². The average Bonchev–Trinajstić information content (AvgIpc) is 2.16. The van der Waals surface area contributed by atoms with Gasteiger partial charge in [0.15, 0.2) is 0 Å². The lowest BCUT2D eigenvalue weighted by Gasteiger charge is -2.12. The molecule has 0 aromatic heterocycles. The van der Waals surface area contributed by atoms with Crippen molar-refractivity contribution < 1.29 is 25.6 Å². The van der Waals surface area contributed by atoms with Crippen LogP contribution in [0.1, 0.15) is 0 Å². The fourth-order valence-corrected chi connectivity index (χ4v) is 2.19. The highest BCUT2D eigenvalue weighted by Crippen LogP contribution is 2.13.